The molecule has 0 spiro atoms. The maximum atomic E-state index is 12.7. The van der Waals surface area contributed by atoms with Crippen LogP contribution in [0.4, 0.5) is 0 Å². The van der Waals surface area contributed by atoms with Gasteiger partial charge in [-0.05, 0) is 18.6 Å². The summed E-state index contributed by atoms with van der Waals surface area (Å²) in [4.78, 5) is 4.55. The highest BCUT2D eigenvalue weighted by molar-refractivity contribution is 7.89. The summed E-state index contributed by atoms with van der Waals surface area (Å²) < 4.78 is 37.6. The van der Waals surface area contributed by atoms with Gasteiger partial charge in [-0.3, -0.25) is 0 Å². The topological polar surface area (TPSA) is 72.6 Å². The lowest BCUT2D eigenvalue weighted by Crippen LogP contribution is -2.41. The highest BCUT2D eigenvalue weighted by atomic mass is 32.2. The third-order valence-corrected chi connectivity index (χ3v) is 6.16. The predicted molar refractivity (Wildman–Crippen MR) is 78.7 cm³/mol. The second-order valence-electron chi connectivity index (χ2n) is 5.70. The van der Waals surface area contributed by atoms with Crippen molar-refractivity contribution in [3.8, 4) is 11.3 Å². The van der Waals surface area contributed by atoms with E-state index >= 15 is 0 Å². The Morgan fingerprint density at radius 1 is 1.27 bits per heavy atom. The molecule has 2 saturated heterocycles. The van der Waals surface area contributed by atoms with Gasteiger partial charge in [0.1, 0.15) is 12.0 Å². The summed E-state index contributed by atoms with van der Waals surface area (Å²) in [5, 5.41) is 0. The zero-order valence-corrected chi connectivity index (χ0v) is 12.9. The van der Waals surface area contributed by atoms with Crippen molar-refractivity contribution in [2.24, 2.45) is 0 Å². The number of rotatable bonds is 3. The number of benzene rings is 1. The summed E-state index contributed by atoms with van der Waals surface area (Å²) in [6, 6.07) is 6.75. The highest BCUT2D eigenvalue weighted by Gasteiger charge is 2.45. The summed E-state index contributed by atoms with van der Waals surface area (Å²) in [5.74, 6) is 0.583. The molecule has 2 fully saturated rings. The Morgan fingerprint density at radius 2 is 2.05 bits per heavy atom. The number of hydrogen-bond donors (Lipinski definition) is 0. The molecule has 4 rings (SSSR count). The van der Waals surface area contributed by atoms with E-state index < -0.39 is 10.0 Å². The first-order valence-corrected chi connectivity index (χ1v) is 8.64. The van der Waals surface area contributed by atoms with Crippen LogP contribution in [0.5, 0.6) is 0 Å². The standard InChI is InChI=1S/C15H16N2O4S/c1-10-16-15(9-20-10)11-2-4-14(5-3-11)22(18,19)17-7-13-6-12(17)8-21-13/h2-5,9,12-13H,6-8H2,1H3. The van der Waals surface area contributed by atoms with Crippen molar-refractivity contribution in [1.29, 1.82) is 0 Å². The average molecular weight is 320 g/mol. The predicted octanol–water partition coefficient (Wildman–Crippen LogP) is 1.81. The lowest BCUT2D eigenvalue weighted by atomic mass is 10.2. The van der Waals surface area contributed by atoms with Crippen LogP contribution >= 0.6 is 0 Å². The SMILES string of the molecule is Cc1nc(-c2ccc(S(=O)(=O)N3CC4CC3CO4)cc2)co1. The summed E-state index contributed by atoms with van der Waals surface area (Å²) >= 11 is 0. The maximum Gasteiger partial charge on any atom is 0.243 e. The number of oxazole rings is 1. The fourth-order valence-electron chi connectivity index (χ4n) is 3.09. The smallest absolute Gasteiger partial charge is 0.243 e. The summed E-state index contributed by atoms with van der Waals surface area (Å²) in [6.45, 7) is 2.73. The van der Waals surface area contributed by atoms with E-state index in [0.717, 1.165) is 12.0 Å². The average Bonchev–Trinajstić information content (AvgIpc) is 3.23. The second kappa shape index (κ2) is 4.91. The van der Waals surface area contributed by atoms with Crippen molar-refractivity contribution in [2.45, 2.75) is 30.4 Å². The van der Waals surface area contributed by atoms with E-state index in [2.05, 4.69) is 4.98 Å². The van der Waals surface area contributed by atoms with Gasteiger partial charge in [-0.15, -0.1) is 0 Å². The molecule has 22 heavy (non-hydrogen) atoms. The van der Waals surface area contributed by atoms with Crippen molar-refractivity contribution in [3.05, 3.63) is 36.4 Å². The van der Waals surface area contributed by atoms with Crippen LogP contribution in [-0.4, -0.2) is 43.0 Å². The first kappa shape index (κ1) is 13.9. The fraction of sp³-hybridized carbons (Fsp3) is 0.400. The minimum Gasteiger partial charge on any atom is -0.449 e. The number of hydrogen-bond acceptors (Lipinski definition) is 5. The van der Waals surface area contributed by atoms with Crippen LogP contribution < -0.4 is 0 Å². The van der Waals surface area contributed by atoms with Gasteiger partial charge < -0.3 is 9.15 Å². The largest absolute Gasteiger partial charge is 0.449 e. The normalized spacial score (nSPS) is 25.0. The molecule has 2 aliphatic rings. The second-order valence-corrected chi connectivity index (χ2v) is 7.59. The Morgan fingerprint density at radius 3 is 2.59 bits per heavy atom. The van der Waals surface area contributed by atoms with Crippen LogP contribution in [0.1, 0.15) is 12.3 Å². The van der Waals surface area contributed by atoms with Crippen molar-refractivity contribution in [1.82, 2.24) is 9.29 Å². The number of morpholine rings is 1. The molecule has 1 aromatic carbocycles. The van der Waals surface area contributed by atoms with Crippen LogP contribution in [0.2, 0.25) is 0 Å². The van der Waals surface area contributed by atoms with Crippen molar-refractivity contribution in [2.75, 3.05) is 13.2 Å². The van der Waals surface area contributed by atoms with Gasteiger partial charge in [-0.2, -0.15) is 4.31 Å². The Labute approximate surface area is 128 Å². The molecule has 0 amide bonds. The van der Waals surface area contributed by atoms with Crippen LogP contribution in [0.3, 0.4) is 0 Å². The number of nitrogens with zero attached hydrogens (tertiary/aromatic N) is 2. The molecule has 116 valence electrons. The lowest BCUT2D eigenvalue weighted by molar-refractivity contribution is 0.0608. The molecule has 0 radical (unpaired) electrons. The van der Waals surface area contributed by atoms with Gasteiger partial charge >= 0.3 is 0 Å². The highest BCUT2D eigenvalue weighted by Crippen LogP contribution is 2.33. The minimum atomic E-state index is -3.45. The van der Waals surface area contributed by atoms with Gasteiger partial charge in [0, 0.05) is 19.0 Å². The Bertz CT molecular complexity index is 797. The maximum absolute atomic E-state index is 12.7. The molecule has 6 nitrogen and oxygen atoms in total. The van der Waals surface area contributed by atoms with Crippen molar-refractivity contribution < 1.29 is 17.6 Å². The van der Waals surface area contributed by atoms with Crippen LogP contribution in [0, 0.1) is 6.92 Å². The third kappa shape index (κ3) is 2.16. The van der Waals surface area contributed by atoms with Crippen LogP contribution in [0.25, 0.3) is 11.3 Å². The molecule has 3 heterocycles. The molecular weight excluding hydrogens is 304 g/mol. The molecule has 2 aromatic rings. The molecular formula is C15H16N2O4S. The van der Waals surface area contributed by atoms with Crippen LogP contribution in [0.15, 0.2) is 39.8 Å². The van der Waals surface area contributed by atoms with Crippen molar-refractivity contribution in [3.63, 3.8) is 0 Å². The van der Waals surface area contributed by atoms with Gasteiger partial charge in [0.05, 0.1) is 23.6 Å². The monoisotopic (exact) mass is 320 g/mol. The van der Waals surface area contributed by atoms with E-state index in [1.54, 1.807) is 41.8 Å². The van der Waals surface area contributed by atoms with Gasteiger partial charge in [0.2, 0.25) is 10.0 Å². The van der Waals surface area contributed by atoms with Gasteiger partial charge in [0.25, 0.3) is 0 Å². The lowest BCUT2D eigenvalue weighted by Gasteiger charge is -2.26. The van der Waals surface area contributed by atoms with Gasteiger partial charge in [-0.25, -0.2) is 13.4 Å². The zero-order valence-electron chi connectivity index (χ0n) is 12.1. The van der Waals surface area contributed by atoms with E-state index in [9.17, 15) is 8.42 Å². The zero-order chi connectivity index (χ0) is 15.3. The first-order valence-electron chi connectivity index (χ1n) is 7.20. The van der Waals surface area contributed by atoms with E-state index in [0.29, 0.717) is 29.6 Å². The molecule has 0 N–H and O–H groups in total. The number of sulfonamides is 1. The van der Waals surface area contributed by atoms with E-state index in [-0.39, 0.29) is 12.1 Å². The molecule has 2 unspecified atom stereocenters. The minimum absolute atomic E-state index is 0.0205. The van der Waals surface area contributed by atoms with Gasteiger partial charge in [-0.1, -0.05) is 12.1 Å². The number of aryl methyl sites for hydroxylation is 1. The molecule has 0 aliphatic carbocycles. The summed E-state index contributed by atoms with van der Waals surface area (Å²) in [5.41, 5.74) is 1.54. The molecule has 2 aliphatic heterocycles. The number of fused-ring (bicyclic) bond motifs is 2. The molecule has 2 atom stereocenters. The fourth-order valence-corrected chi connectivity index (χ4v) is 4.74. The molecule has 0 saturated carbocycles. The summed E-state index contributed by atoms with van der Waals surface area (Å²) in [7, 11) is -3.45. The third-order valence-electron chi connectivity index (χ3n) is 4.23. The first-order chi connectivity index (χ1) is 10.5. The summed E-state index contributed by atoms with van der Waals surface area (Å²) in [6.07, 6.45) is 2.42. The van der Waals surface area contributed by atoms with E-state index in [4.69, 9.17) is 9.15 Å². The van der Waals surface area contributed by atoms with E-state index in [1.165, 1.54) is 0 Å². The quantitative estimate of drug-likeness (QED) is 0.862. The number of ether oxygens (including phenoxy) is 1. The molecule has 1 aromatic heterocycles. The van der Waals surface area contributed by atoms with Crippen molar-refractivity contribution >= 4 is 10.0 Å². The number of aromatic nitrogens is 1. The van der Waals surface area contributed by atoms with Gasteiger partial charge in [0.15, 0.2) is 5.89 Å². The Kier molecular flexibility index (Phi) is 3.11. The molecule has 7 heteroatoms. The van der Waals surface area contributed by atoms with E-state index in [1.807, 2.05) is 0 Å². The Hall–Kier alpha value is -1.70. The Balaban J connectivity index is 1.62. The van der Waals surface area contributed by atoms with Crippen LogP contribution in [-0.2, 0) is 14.8 Å². The molecule has 2 bridgehead atoms.